The SMILES string of the molecule is COc1ccccc1NC(=O)C1CCC(N)C(C)C1(C)C. The molecule has 0 aliphatic heterocycles. The van der Waals surface area contributed by atoms with Gasteiger partial charge in [-0.2, -0.15) is 0 Å². The summed E-state index contributed by atoms with van der Waals surface area (Å²) < 4.78 is 5.29. The number of para-hydroxylation sites is 2. The smallest absolute Gasteiger partial charge is 0.228 e. The fourth-order valence-corrected chi connectivity index (χ4v) is 3.29. The van der Waals surface area contributed by atoms with E-state index in [0.29, 0.717) is 11.7 Å². The van der Waals surface area contributed by atoms with E-state index in [1.165, 1.54) is 0 Å². The van der Waals surface area contributed by atoms with Gasteiger partial charge >= 0.3 is 0 Å². The Kier molecular flexibility index (Phi) is 4.57. The van der Waals surface area contributed by atoms with Gasteiger partial charge in [-0.05, 0) is 36.3 Å². The van der Waals surface area contributed by atoms with Gasteiger partial charge in [0.2, 0.25) is 5.91 Å². The normalized spacial score (nSPS) is 28.0. The molecule has 3 N–H and O–H groups in total. The molecule has 3 unspecified atom stereocenters. The third-order valence-electron chi connectivity index (χ3n) is 5.18. The molecule has 0 radical (unpaired) electrons. The van der Waals surface area contributed by atoms with Gasteiger partial charge in [0.15, 0.2) is 0 Å². The summed E-state index contributed by atoms with van der Waals surface area (Å²) in [7, 11) is 1.61. The van der Waals surface area contributed by atoms with Gasteiger partial charge in [-0.3, -0.25) is 4.79 Å². The number of hydrogen-bond donors (Lipinski definition) is 2. The second kappa shape index (κ2) is 6.06. The van der Waals surface area contributed by atoms with Crippen LogP contribution in [-0.2, 0) is 4.79 Å². The number of carbonyl (C=O) groups is 1. The quantitative estimate of drug-likeness (QED) is 0.899. The first-order valence-electron chi connectivity index (χ1n) is 7.57. The number of anilines is 1. The van der Waals surface area contributed by atoms with Crippen LogP contribution in [0.5, 0.6) is 5.75 Å². The average Bonchev–Trinajstić information content (AvgIpc) is 2.45. The lowest BCUT2D eigenvalue weighted by atomic mass is 9.61. The topological polar surface area (TPSA) is 64.3 Å². The van der Waals surface area contributed by atoms with E-state index in [4.69, 9.17) is 10.5 Å². The first-order valence-corrected chi connectivity index (χ1v) is 7.57. The third kappa shape index (κ3) is 3.05. The molecule has 4 nitrogen and oxygen atoms in total. The summed E-state index contributed by atoms with van der Waals surface area (Å²) >= 11 is 0. The Balaban J connectivity index is 2.16. The highest BCUT2D eigenvalue weighted by Crippen LogP contribution is 2.45. The predicted molar refractivity (Wildman–Crippen MR) is 85.3 cm³/mol. The first kappa shape index (κ1) is 15.8. The molecule has 3 atom stereocenters. The zero-order valence-electron chi connectivity index (χ0n) is 13.3. The maximum atomic E-state index is 12.7. The molecule has 1 aromatic carbocycles. The molecule has 1 amide bonds. The van der Waals surface area contributed by atoms with E-state index in [1.807, 2.05) is 24.3 Å². The first-order chi connectivity index (χ1) is 9.87. The summed E-state index contributed by atoms with van der Waals surface area (Å²) in [5.41, 5.74) is 6.78. The van der Waals surface area contributed by atoms with Crippen molar-refractivity contribution >= 4 is 11.6 Å². The predicted octanol–water partition coefficient (Wildman–Crippen LogP) is 3.03. The molecule has 1 saturated carbocycles. The van der Waals surface area contributed by atoms with Crippen molar-refractivity contribution in [2.24, 2.45) is 23.0 Å². The van der Waals surface area contributed by atoms with Crippen LogP contribution in [0.2, 0.25) is 0 Å². The maximum Gasteiger partial charge on any atom is 0.228 e. The molecule has 0 heterocycles. The van der Waals surface area contributed by atoms with Crippen LogP contribution in [-0.4, -0.2) is 19.1 Å². The van der Waals surface area contributed by atoms with Gasteiger partial charge in [0, 0.05) is 12.0 Å². The molecule has 0 bridgehead atoms. The molecule has 116 valence electrons. The van der Waals surface area contributed by atoms with Crippen molar-refractivity contribution in [1.82, 2.24) is 0 Å². The third-order valence-corrected chi connectivity index (χ3v) is 5.18. The summed E-state index contributed by atoms with van der Waals surface area (Å²) in [6.45, 7) is 6.43. The number of rotatable bonds is 3. The molecule has 21 heavy (non-hydrogen) atoms. The number of benzene rings is 1. The number of ether oxygens (including phenoxy) is 1. The second-order valence-electron chi connectivity index (χ2n) is 6.59. The van der Waals surface area contributed by atoms with Crippen LogP contribution in [0.15, 0.2) is 24.3 Å². The fraction of sp³-hybridized carbons (Fsp3) is 0.588. The van der Waals surface area contributed by atoms with Gasteiger partial charge < -0.3 is 15.8 Å². The van der Waals surface area contributed by atoms with E-state index >= 15 is 0 Å². The number of hydrogen-bond acceptors (Lipinski definition) is 3. The van der Waals surface area contributed by atoms with Crippen LogP contribution < -0.4 is 15.8 Å². The van der Waals surface area contributed by atoms with Crippen molar-refractivity contribution in [2.45, 2.75) is 39.7 Å². The van der Waals surface area contributed by atoms with Crippen molar-refractivity contribution in [3.63, 3.8) is 0 Å². The Morgan fingerprint density at radius 3 is 2.67 bits per heavy atom. The molecule has 0 saturated heterocycles. The van der Waals surface area contributed by atoms with Crippen LogP contribution in [0.25, 0.3) is 0 Å². The largest absolute Gasteiger partial charge is 0.495 e. The summed E-state index contributed by atoms with van der Waals surface area (Å²) in [6.07, 6.45) is 1.73. The van der Waals surface area contributed by atoms with Gasteiger partial charge in [0.25, 0.3) is 0 Å². The fourth-order valence-electron chi connectivity index (χ4n) is 3.29. The number of carbonyl (C=O) groups excluding carboxylic acids is 1. The Bertz CT molecular complexity index is 513. The minimum absolute atomic E-state index is 0.0304. The second-order valence-corrected chi connectivity index (χ2v) is 6.59. The molecular formula is C17H26N2O2. The zero-order valence-corrected chi connectivity index (χ0v) is 13.3. The molecule has 1 fully saturated rings. The lowest BCUT2D eigenvalue weighted by Gasteiger charge is -2.46. The molecule has 0 aromatic heterocycles. The highest BCUT2D eigenvalue weighted by molar-refractivity contribution is 5.94. The van der Waals surface area contributed by atoms with Gasteiger partial charge in [-0.15, -0.1) is 0 Å². The number of amides is 1. The van der Waals surface area contributed by atoms with Gasteiger partial charge in [0.05, 0.1) is 12.8 Å². The van der Waals surface area contributed by atoms with Gasteiger partial charge in [-0.1, -0.05) is 32.9 Å². The minimum Gasteiger partial charge on any atom is -0.495 e. The van der Waals surface area contributed by atoms with Crippen LogP contribution in [0.3, 0.4) is 0 Å². The van der Waals surface area contributed by atoms with Gasteiger partial charge in [-0.25, -0.2) is 0 Å². The van der Waals surface area contributed by atoms with E-state index in [9.17, 15) is 4.79 Å². The number of methoxy groups -OCH3 is 1. The van der Waals surface area contributed by atoms with E-state index in [-0.39, 0.29) is 23.3 Å². The van der Waals surface area contributed by atoms with Crippen molar-refractivity contribution in [2.75, 3.05) is 12.4 Å². The van der Waals surface area contributed by atoms with Crippen LogP contribution in [0, 0.1) is 17.3 Å². The Morgan fingerprint density at radius 1 is 1.33 bits per heavy atom. The van der Waals surface area contributed by atoms with Crippen molar-refractivity contribution < 1.29 is 9.53 Å². The molecule has 4 heteroatoms. The number of nitrogens with two attached hydrogens (primary N) is 1. The van der Waals surface area contributed by atoms with E-state index in [2.05, 4.69) is 26.1 Å². The molecule has 1 aromatic rings. The highest BCUT2D eigenvalue weighted by Gasteiger charge is 2.45. The Morgan fingerprint density at radius 2 is 2.00 bits per heavy atom. The molecule has 1 aliphatic rings. The molecule has 1 aliphatic carbocycles. The lowest BCUT2D eigenvalue weighted by Crippen LogP contribution is -2.50. The van der Waals surface area contributed by atoms with Crippen LogP contribution in [0.4, 0.5) is 5.69 Å². The molecule has 0 spiro atoms. The Hall–Kier alpha value is -1.55. The molecular weight excluding hydrogens is 264 g/mol. The molecule has 2 rings (SSSR count). The standard InChI is InChI=1S/C17H26N2O2/c1-11-13(18)10-9-12(17(11,2)3)16(20)19-14-7-5-6-8-15(14)21-4/h5-8,11-13H,9-10,18H2,1-4H3,(H,19,20). The summed E-state index contributed by atoms with van der Waals surface area (Å²) in [6, 6.07) is 7.67. The highest BCUT2D eigenvalue weighted by atomic mass is 16.5. The van der Waals surface area contributed by atoms with E-state index < -0.39 is 0 Å². The monoisotopic (exact) mass is 290 g/mol. The maximum absolute atomic E-state index is 12.7. The van der Waals surface area contributed by atoms with Crippen LogP contribution in [0.1, 0.15) is 33.6 Å². The number of nitrogens with one attached hydrogen (secondary N) is 1. The minimum atomic E-state index is -0.107. The zero-order chi connectivity index (χ0) is 15.6. The van der Waals surface area contributed by atoms with Gasteiger partial charge in [0.1, 0.15) is 5.75 Å². The van der Waals surface area contributed by atoms with Crippen LogP contribution >= 0.6 is 0 Å². The van der Waals surface area contributed by atoms with Crippen molar-refractivity contribution in [3.8, 4) is 5.75 Å². The lowest BCUT2D eigenvalue weighted by molar-refractivity contribution is -0.127. The summed E-state index contributed by atoms with van der Waals surface area (Å²) in [4.78, 5) is 12.7. The van der Waals surface area contributed by atoms with E-state index in [0.717, 1.165) is 18.5 Å². The summed E-state index contributed by atoms with van der Waals surface area (Å²) in [5.74, 6) is 1.03. The summed E-state index contributed by atoms with van der Waals surface area (Å²) in [5, 5.41) is 3.02. The van der Waals surface area contributed by atoms with Crippen molar-refractivity contribution in [1.29, 1.82) is 0 Å². The Labute approximate surface area is 127 Å². The van der Waals surface area contributed by atoms with Crippen molar-refractivity contribution in [3.05, 3.63) is 24.3 Å². The van der Waals surface area contributed by atoms with E-state index in [1.54, 1.807) is 7.11 Å². The average molecular weight is 290 g/mol.